The van der Waals surface area contributed by atoms with Crippen molar-refractivity contribution in [3.8, 4) is 23.8 Å². The fraction of sp³-hybridized carbons (Fsp3) is 0.452. The lowest BCUT2D eigenvalue weighted by Crippen LogP contribution is -2.31. The third-order valence-electron chi connectivity index (χ3n) is 7.32. The van der Waals surface area contributed by atoms with Crippen molar-refractivity contribution in [2.75, 3.05) is 48.6 Å². The van der Waals surface area contributed by atoms with Crippen molar-refractivity contribution >= 4 is 23.4 Å². The summed E-state index contributed by atoms with van der Waals surface area (Å²) in [7, 11) is 1.62. The number of anilines is 2. The number of nitriles is 2. The van der Waals surface area contributed by atoms with Gasteiger partial charge in [-0.1, -0.05) is 12.8 Å². The van der Waals surface area contributed by atoms with Crippen LogP contribution in [0.3, 0.4) is 0 Å². The van der Waals surface area contributed by atoms with Gasteiger partial charge in [-0.3, -0.25) is 0 Å². The minimum absolute atomic E-state index is 0.318. The van der Waals surface area contributed by atoms with E-state index in [0.29, 0.717) is 54.3 Å². The van der Waals surface area contributed by atoms with Crippen LogP contribution in [0.15, 0.2) is 42.7 Å². The zero-order valence-electron chi connectivity index (χ0n) is 24.0. The zero-order chi connectivity index (χ0) is 29.0. The van der Waals surface area contributed by atoms with E-state index in [9.17, 15) is 10.5 Å². The van der Waals surface area contributed by atoms with Gasteiger partial charge in [-0.05, 0) is 61.8 Å². The molecule has 0 unspecified atom stereocenters. The van der Waals surface area contributed by atoms with Crippen molar-refractivity contribution in [1.82, 2.24) is 15.0 Å². The van der Waals surface area contributed by atoms with Crippen molar-refractivity contribution in [3.63, 3.8) is 0 Å². The first-order valence-electron chi connectivity index (χ1n) is 14.0. The quantitative estimate of drug-likeness (QED) is 0.227. The van der Waals surface area contributed by atoms with E-state index in [2.05, 4.69) is 40.0 Å². The molecule has 10 heteroatoms. The first-order chi connectivity index (χ1) is 20.1. The van der Waals surface area contributed by atoms with E-state index < -0.39 is 0 Å². The molecule has 0 saturated heterocycles. The molecule has 0 radical (unpaired) electrons. The Hall–Kier alpha value is -4.02. The maximum absolute atomic E-state index is 9.81. The van der Waals surface area contributed by atoms with Gasteiger partial charge in [0.15, 0.2) is 5.75 Å². The average Bonchev–Trinajstić information content (AvgIpc) is 3.53. The van der Waals surface area contributed by atoms with Crippen molar-refractivity contribution in [3.05, 3.63) is 65.1 Å². The van der Waals surface area contributed by atoms with Crippen LogP contribution >= 0.6 is 11.8 Å². The van der Waals surface area contributed by atoms with Crippen LogP contribution in [0.2, 0.25) is 0 Å². The summed E-state index contributed by atoms with van der Waals surface area (Å²) < 4.78 is 11.3. The number of pyridine rings is 1. The first kappa shape index (κ1) is 30.0. The molecule has 1 fully saturated rings. The lowest BCUT2D eigenvalue weighted by molar-refractivity contribution is 0.341. The number of benzene rings is 1. The molecule has 4 rings (SSSR count). The lowest BCUT2D eigenvalue weighted by Gasteiger charge is -2.30. The van der Waals surface area contributed by atoms with E-state index in [1.165, 1.54) is 25.7 Å². The molecule has 3 aromatic rings. The smallest absolute Gasteiger partial charge is 0.226 e. The van der Waals surface area contributed by atoms with Crippen LogP contribution in [0.1, 0.15) is 55.0 Å². The van der Waals surface area contributed by atoms with Crippen LogP contribution in [0.4, 0.5) is 11.6 Å². The second-order valence-corrected chi connectivity index (χ2v) is 11.0. The Morgan fingerprint density at radius 3 is 2.46 bits per heavy atom. The van der Waals surface area contributed by atoms with Crippen LogP contribution in [0.25, 0.3) is 0 Å². The first-order valence-corrected chi connectivity index (χ1v) is 15.4. The molecule has 1 aliphatic rings. The SMILES string of the molecule is CCN(CC1CCCC1)c1ccc(OC)nc1CN(Cc1cc(C#N)ccc1C#N)c1ncc(OCCSC)cn1. The molecule has 0 bridgehead atoms. The van der Waals surface area contributed by atoms with Gasteiger partial charge in [0, 0.05) is 31.5 Å². The molecular weight excluding hydrogens is 534 g/mol. The summed E-state index contributed by atoms with van der Waals surface area (Å²) in [6.07, 6.45) is 10.5. The molecule has 1 aromatic carbocycles. The third-order valence-corrected chi connectivity index (χ3v) is 7.89. The van der Waals surface area contributed by atoms with Crippen molar-refractivity contribution in [2.24, 2.45) is 5.92 Å². The number of methoxy groups -OCH3 is 1. The van der Waals surface area contributed by atoms with Crippen molar-refractivity contribution < 1.29 is 9.47 Å². The summed E-state index contributed by atoms with van der Waals surface area (Å²) in [5.41, 5.74) is 3.60. The number of nitrogens with zero attached hydrogens (tertiary/aromatic N) is 7. The summed E-state index contributed by atoms with van der Waals surface area (Å²) in [4.78, 5) is 18.5. The van der Waals surface area contributed by atoms with Gasteiger partial charge in [-0.25, -0.2) is 15.0 Å². The fourth-order valence-corrected chi connectivity index (χ4v) is 5.42. The van der Waals surface area contributed by atoms with E-state index >= 15 is 0 Å². The number of hydrogen-bond acceptors (Lipinski definition) is 10. The molecule has 9 nitrogen and oxygen atoms in total. The molecule has 2 heterocycles. The van der Waals surface area contributed by atoms with Gasteiger partial charge in [0.1, 0.15) is 0 Å². The van der Waals surface area contributed by atoms with Gasteiger partial charge >= 0.3 is 0 Å². The maximum Gasteiger partial charge on any atom is 0.226 e. The molecule has 0 aliphatic heterocycles. The molecule has 0 N–H and O–H groups in total. The van der Waals surface area contributed by atoms with Crippen molar-refractivity contribution in [1.29, 1.82) is 10.5 Å². The van der Waals surface area contributed by atoms with Crippen LogP contribution < -0.4 is 19.3 Å². The highest BCUT2D eigenvalue weighted by molar-refractivity contribution is 7.98. The Labute approximate surface area is 247 Å². The third kappa shape index (κ3) is 8.02. The van der Waals surface area contributed by atoms with E-state index in [1.807, 2.05) is 17.2 Å². The molecule has 214 valence electrons. The second kappa shape index (κ2) is 15.1. The average molecular weight is 572 g/mol. The van der Waals surface area contributed by atoms with E-state index in [0.717, 1.165) is 35.8 Å². The highest BCUT2D eigenvalue weighted by Crippen LogP contribution is 2.31. The Bertz CT molecular complexity index is 1360. The number of ether oxygens (including phenoxy) is 2. The van der Waals surface area contributed by atoms with E-state index in [1.54, 1.807) is 49.5 Å². The van der Waals surface area contributed by atoms with E-state index in [-0.39, 0.29) is 0 Å². The summed E-state index contributed by atoms with van der Waals surface area (Å²) >= 11 is 1.71. The molecule has 41 heavy (non-hydrogen) atoms. The molecule has 0 atom stereocenters. The van der Waals surface area contributed by atoms with Crippen LogP contribution in [0.5, 0.6) is 11.6 Å². The molecule has 0 spiro atoms. The van der Waals surface area contributed by atoms with Crippen LogP contribution in [-0.4, -0.2) is 53.8 Å². The Morgan fingerprint density at radius 2 is 1.80 bits per heavy atom. The predicted octanol–water partition coefficient (Wildman–Crippen LogP) is 5.59. The zero-order valence-corrected chi connectivity index (χ0v) is 24.9. The number of thioether (sulfide) groups is 1. The summed E-state index contributed by atoms with van der Waals surface area (Å²) in [6.45, 7) is 5.29. The van der Waals surface area contributed by atoms with Crippen LogP contribution in [-0.2, 0) is 13.1 Å². The largest absolute Gasteiger partial charge is 0.489 e. The Balaban J connectivity index is 1.71. The molecular formula is C31H37N7O2S. The van der Waals surface area contributed by atoms with Crippen molar-refractivity contribution in [2.45, 2.75) is 45.7 Å². The van der Waals surface area contributed by atoms with Gasteiger partial charge in [0.25, 0.3) is 0 Å². The van der Waals surface area contributed by atoms with Gasteiger partial charge < -0.3 is 19.3 Å². The molecule has 0 amide bonds. The van der Waals surface area contributed by atoms with Gasteiger partial charge in [-0.15, -0.1) is 0 Å². The standard InChI is InChI=1S/C31H37N7O2S/c1-4-37(20-23-7-5-6-8-23)29-11-12-30(39-2)36-28(29)22-38(21-26-15-24(16-32)9-10-25(26)17-33)31-34-18-27(19-35-31)40-13-14-41-3/h9-12,15,18-19,23H,4-8,13-14,20-22H2,1-3H3. The van der Waals surface area contributed by atoms with Gasteiger partial charge in [0.2, 0.25) is 11.8 Å². The van der Waals surface area contributed by atoms with Crippen LogP contribution in [0, 0.1) is 28.6 Å². The monoisotopic (exact) mass is 571 g/mol. The summed E-state index contributed by atoms with van der Waals surface area (Å²) in [6, 6.07) is 13.5. The molecule has 1 saturated carbocycles. The normalized spacial score (nSPS) is 12.9. The minimum atomic E-state index is 0.318. The second-order valence-electron chi connectivity index (χ2n) is 10.0. The topological polar surface area (TPSA) is 111 Å². The number of rotatable bonds is 14. The van der Waals surface area contributed by atoms with E-state index in [4.69, 9.17) is 14.5 Å². The number of hydrogen-bond donors (Lipinski definition) is 0. The van der Waals surface area contributed by atoms with Gasteiger partial charge in [-0.2, -0.15) is 22.3 Å². The Morgan fingerprint density at radius 1 is 1.02 bits per heavy atom. The predicted molar refractivity (Wildman–Crippen MR) is 162 cm³/mol. The highest BCUT2D eigenvalue weighted by Gasteiger charge is 2.23. The fourth-order valence-electron chi connectivity index (χ4n) is 5.17. The molecule has 2 aromatic heterocycles. The highest BCUT2D eigenvalue weighted by atomic mass is 32.2. The summed E-state index contributed by atoms with van der Waals surface area (Å²) in [5.74, 6) is 3.15. The van der Waals surface area contributed by atoms with Gasteiger partial charge in [0.05, 0.1) is 67.3 Å². The minimum Gasteiger partial charge on any atom is -0.489 e. The Kier molecular flexibility index (Phi) is 11.0. The summed E-state index contributed by atoms with van der Waals surface area (Å²) in [5, 5.41) is 19.3. The molecule has 1 aliphatic carbocycles. The number of aromatic nitrogens is 3. The lowest BCUT2D eigenvalue weighted by atomic mass is 10.0. The maximum atomic E-state index is 9.81.